The van der Waals surface area contributed by atoms with Crippen molar-refractivity contribution in [2.75, 3.05) is 33.3 Å². The van der Waals surface area contributed by atoms with E-state index in [1.54, 1.807) is 12.1 Å². The van der Waals surface area contributed by atoms with Crippen LogP contribution in [0.2, 0.25) is 0 Å². The van der Waals surface area contributed by atoms with Crippen molar-refractivity contribution in [3.63, 3.8) is 0 Å². The van der Waals surface area contributed by atoms with Gasteiger partial charge in [-0.1, -0.05) is 11.6 Å². The summed E-state index contributed by atoms with van der Waals surface area (Å²) in [6.07, 6.45) is -0.0319. The van der Waals surface area contributed by atoms with Crippen LogP contribution in [0.15, 0.2) is 18.2 Å². The number of rotatable bonds is 3. The Hall–Kier alpha value is -1.46. The Morgan fingerprint density at radius 3 is 3.11 bits per heavy atom. The first-order valence-electron chi connectivity index (χ1n) is 6.41. The molecular weight excluding hydrogens is 247 g/mol. The molecule has 1 N–H and O–H groups in total. The summed E-state index contributed by atoms with van der Waals surface area (Å²) in [7, 11) is 2.01. The summed E-state index contributed by atoms with van der Waals surface area (Å²) in [5.41, 5.74) is 0.948. The average Bonchev–Trinajstić information content (AvgIpc) is 2.39. The number of halogens is 1. The molecule has 104 valence electrons. The zero-order valence-electron chi connectivity index (χ0n) is 11.3. The van der Waals surface area contributed by atoms with Crippen LogP contribution in [0, 0.1) is 12.7 Å². The van der Waals surface area contributed by atoms with E-state index in [9.17, 15) is 9.18 Å². The zero-order chi connectivity index (χ0) is 13.8. The summed E-state index contributed by atoms with van der Waals surface area (Å²) in [5.74, 6) is -0.886. The number of carbonyl (C=O) groups is 1. The number of hydrogen-bond acceptors (Lipinski definition) is 3. The molecule has 1 saturated heterocycles. The van der Waals surface area contributed by atoms with E-state index in [0.717, 1.165) is 18.7 Å². The van der Waals surface area contributed by atoms with Gasteiger partial charge in [-0.25, -0.2) is 4.39 Å². The van der Waals surface area contributed by atoms with Gasteiger partial charge >= 0.3 is 0 Å². The number of aryl methyl sites for hydroxylation is 1. The number of carbonyl (C=O) groups excluding carboxylic acids is 1. The lowest BCUT2D eigenvalue weighted by Gasteiger charge is -2.30. The lowest BCUT2D eigenvalue weighted by molar-refractivity contribution is -0.0175. The highest BCUT2D eigenvalue weighted by atomic mass is 19.1. The number of ether oxygens (including phenoxy) is 1. The maximum atomic E-state index is 13.5. The third-order valence-corrected chi connectivity index (χ3v) is 3.20. The molecule has 4 nitrogen and oxygen atoms in total. The maximum Gasteiger partial charge on any atom is 0.254 e. The van der Waals surface area contributed by atoms with Crippen LogP contribution >= 0.6 is 0 Å². The summed E-state index contributed by atoms with van der Waals surface area (Å²) in [4.78, 5) is 14.1. The van der Waals surface area contributed by atoms with Gasteiger partial charge in [-0.2, -0.15) is 0 Å². The summed E-state index contributed by atoms with van der Waals surface area (Å²) in [6, 6.07) is 4.51. The molecule has 1 unspecified atom stereocenters. The number of likely N-dealkylation sites (N-methyl/N-ethyl adjacent to an activating group) is 1. The number of hydrogen-bond donors (Lipinski definition) is 1. The molecule has 1 heterocycles. The third-order valence-electron chi connectivity index (χ3n) is 3.20. The second-order valence-corrected chi connectivity index (χ2v) is 4.95. The predicted octanol–water partition coefficient (Wildman–Crippen LogP) is 1.19. The van der Waals surface area contributed by atoms with Gasteiger partial charge in [0.1, 0.15) is 5.82 Å². The normalized spacial score (nSPS) is 20.3. The van der Waals surface area contributed by atoms with E-state index < -0.39 is 11.7 Å². The van der Waals surface area contributed by atoms with Crippen molar-refractivity contribution in [1.29, 1.82) is 0 Å². The van der Waals surface area contributed by atoms with Gasteiger partial charge in [0.15, 0.2) is 0 Å². The topological polar surface area (TPSA) is 41.6 Å². The molecule has 1 amide bonds. The SMILES string of the molecule is Cc1ccc(F)c(C(=O)NCC2CN(C)CCO2)c1. The first-order valence-corrected chi connectivity index (χ1v) is 6.41. The third kappa shape index (κ3) is 3.75. The molecular formula is C14H19FN2O2. The van der Waals surface area contributed by atoms with E-state index in [0.29, 0.717) is 13.2 Å². The van der Waals surface area contributed by atoms with Gasteiger partial charge in [-0.3, -0.25) is 4.79 Å². The smallest absolute Gasteiger partial charge is 0.254 e. The van der Waals surface area contributed by atoms with Crippen LogP contribution in [0.5, 0.6) is 0 Å². The lowest BCUT2D eigenvalue weighted by Crippen LogP contribution is -2.46. The fraction of sp³-hybridized carbons (Fsp3) is 0.500. The van der Waals surface area contributed by atoms with Gasteiger partial charge in [0.2, 0.25) is 0 Å². The lowest BCUT2D eigenvalue weighted by atomic mass is 10.1. The van der Waals surface area contributed by atoms with Crippen molar-refractivity contribution in [3.05, 3.63) is 35.1 Å². The van der Waals surface area contributed by atoms with Gasteiger partial charge in [0.25, 0.3) is 5.91 Å². The monoisotopic (exact) mass is 266 g/mol. The fourth-order valence-electron chi connectivity index (χ4n) is 2.11. The summed E-state index contributed by atoms with van der Waals surface area (Å²) >= 11 is 0. The Kier molecular flexibility index (Phi) is 4.50. The zero-order valence-corrected chi connectivity index (χ0v) is 11.3. The molecule has 1 aliphatic rings. The molecule has 0 radical (unpaired) electrons. The number of morpholine rings is 1. The van der Waals surface area contributed by atoms with E-state index in [4.69, 9.17) is 4.74 Å². The van der Waals surface area contributed by atoms with E-state index in [1.165, 1.54) is 6.07 Å². The molecule has 0 saturated carbocycles. The van der Waals surface area contributed by atoms with Crippen molar-refractivity contribution >= 4 is 5.91 Å². The highest BCUT2D eigenvalue weighted by Gasteiger charge is 2.19. The van der Waals surface area contributed by atoms with Gasteiger partial charge in [-0.05, 0) is 26.1 Å². The van der Waals surface area contributed by atoms with Gasteiger partial charge in [0, 0.05) is 19.6 Å². The van der Waals surface area contributed by atoms with E-state index >= 15 is 0 Å². The predicted molar refractivity (Wildman–Crippen MR) is 70.7 cm³/mol. The van der Waals surface area contributed by atoms with Crippen LogP contribution in [0.3, 0.4) is 0 Å². The first-order chi connectivity index (χ1) is 9.06. The minimum absolute atomic E-state index is 0.0319. The molecule has 1 aromatic carbocycles. The highest BCUT2D eigenvalue weighted by Crippen LogP contribution is 2.10. The number of amides is 1. The Labute approximate surface area is 112 Å². The number of nitrogens with one attached hydrogen (secondary N) is 1. The molecule has 0 aromatic heterocycles. The maximum absolute atomic E-state index is 13.5. The minimum atomic E-state index is -0.496. The number of benzene rings is 1. The second kappa shape index (κ2) is 6.12. The number of nitrogens with zero attached hydrogens (tertiary/aromatic N) is 1. The Morgan fingerprint density at radius 1 is 1.58 bits per heavy atom. The van der Waals surface area contributed by atoms with Crippen LogP contribution in [0.1, 0.15) is 15.9 Å². The Morgan fingerprint density at radius 2 is 2.37 bits per heavy atom. The van der Waals surface area contributed by atoms with E-state index in [-0.39, 0.29) is 11.7 Å². The molecule has 1 fully saturated rings. The average molecular weight is 266 g/mol. The molecule has 1 aromatic rings. The van der Waals surface area contributed by atoms with Gasteiger partial charge in [0.05, 0.1) is 18.3 Å². The second-order valence-electron chi connectivity index (χ2n) is 4.95. The Balaban J connectivity index is 1.92. The van der Waals surface area contributed by atoms with Crippen LogP contribution in [0.25, 0.3) is 0 Å². The molecule has 0 spiro atoms. The van der Waals surface area contributed by atoms with Crippen molar-refractivity contribution in [2.45, 2.75) is 13.0 Å². The fourth-order valence-corrected chi connectivity index (χ4v) is 2.11. The van der Waals surface area contributed by atoms with Crippen molar-refractivity contribution in [2.24, 2.45) is 0 Å². The van der Waals surface area contributed by atoms with Gasteiger partial charge in [-0.15, -0.1) is 0 Å². The van der Waals surface area contributed by atoms with Crippen molar-refractivity contribution < 1.29 is 13.9 Å². The molecule has 19 heavy (non-hydrogen) atoms. The molecule has 1 aliphatic heterocycles. The largest absolute Gasteiger partial charge is 0.374 e. The standard InChI is InChI=1S/C14H19FN2O2/c1-10-3-4-13(15)12(7-10)14(18)16-8-11-9-17(2)5-6-19-11/h3-4,7,11H,5-6,8-9H2,1-2H3,(H,16,18). The first kappa shape index (κ1) is 14.0. The van der Waals surface area contributed by atoms with Crippen molar-refractivity contribution in [1.82, 2.24) is 10.2 Å². The molecule has 2 rings (SSSR count). The summed E-state index contributed by atoms with van der Waals surface area (Å²) < 4.78 is 19.1. The quantitative estimate of drug-likeness (QED) is 0.893. The van der Waals surface area contributed by atoms with Crippen LogP contribution in [-0.4, -0.2) is 50.2 Å². The van der Waals surface area contributed by atoms with Crippen LogP contribution in [0.4, 0.5) is 4.39 Å². The van der Waals surface area contributed by atoms with Gasteiger partial charge < -0.3 is 15.0 Å². The van der Waals surface area contributed by atoms with Crippen LogP contribution < -0.4 is 5.32 Å². The van der Waals surface area contributed by atoms with Crippen molar-refractivity contribution in [3.8, 4) is 0 Å². The Bertz CT molecular complexity index is 465. The highest BCUT2D eigenvalue weighted by molar-refractivity contribution is 5.94. The van der Waals surface area contributed by atoms with E-state index in [2.05, 4.69) is 10.2 Å². The molecule has 5 heteroatoms. The molecule has 0 aliphatic carbocycles. The van der Waals surface area contributed by atoms with Crippen LogP contribution in [-0.2, 0) is 4.74 Å². The molecule has 0 bridgehead atoms. The minimum Gasteiger partial charge on any atom is -0.374 e. The molecule has 1 atom stereocenters. The summed E-state index contributed by atoms with van der Waals surface area (Å²) in [6.45, 7) is 4.56. The summed E-state index contributed by atoms with van der Waals surface area (Å²) in [5, 5.41) is 2.73. The van der Waals surface area contributed by atoms with E-state index in [1.807, 2.05) is 14.0 Å².